The number of anilines is 1. The molecule has 0 aromatic heterocycles. The van der Waals surface area contributed by atoms with Crippen LogP contribution in [-0.4, -0.2) is 24.3 Å². The van der Waals surface area contributed by atoms with Crippen LogP contribution in [0.1, 0.15) is 12.5 Å². The minimum absolute atomic E-state index is 0.392. The van der Waals surface area contributed by atoms with Crippen LogP contribution in [0, 0.1) is 0 Å². The first-order valence-corrected chi connectivity index (χ1v) is 7.29. The van der Waals surface area contributed by atoms with E-state index in [1.54, 1.807) is 0 Å². The van der Waals surface area contributed by atoms with E-state index >= 15 is 0 Å². The molecule has 0 bridgehead atoms. The van der Waals surface area contributed by atoms with Crippen molar-refractivity contribution in [3.63, 3.8) is 0 Å². The van der Waals surface area contributed by atoms with Crippen LogP contribution >= 0.6 is 11.6 Å². The normalized spacial score (nSPS) is 12.2. The summed E-state index contributed by atoms with van der Waals surface area (Å²) < 4.78 is 0. The predicted octanol–water partition coefficient (Wildman–Crippen LogP) is 3.77. The van der Waals surface area contributed by atoms with Crippen molar-refractivity contribution in [2.75, 3.05) is 18.0 Å². The standard InChI is InChI=1S/C17H20ClNO/c1-2-19(16-10-6-9-15(18)12-16)13-17(20)11-14-7-4-3-5-8-14/h3-10,12,17,20H,2,11,13H2,1H3. The lowest BCUT2D eigenvalue weighted by Crippen LogP contribution is -2.33. The second kappa shape index (κ2) is 7.32. The highest BCUT2D eigenvalue weighted by Gasteiger charge is 2.12. The largest absolute Gasteiger partial charge is 0.391 e. The van der Waals surface area contributed by atoms with E-state index in [9.17, 15) is 5.11 Å². The average Bonchev–Trinajstić information content (AvgIpc) is 2.46. The Morgan fingerprint density at radius 3 is 2.50 bits per heavy atom. The summed E-state index contributed by atoms with van der Waals surface area (Å²) in [6.07, 6.45) is 0.272. The van der Waals surface area contributed by atoms with Crippen LogP contribution in [0.15, 0.2) is 54.6 Å². The van der Waals surface area contributed by atoms with Crippen molar-refractivity contribution in [2.24, 2.45) is 0 Å². The van der Waals surface area contributed by atoms with Crippen molar-refractivity contribution in [3.05, 3.63) is 65.2 Å². The Morgan fingerprint density at radius 1 is 1.10 bits per heavy atom. The van der Waals surface area contributed by atoms with Gasteiger partial charge in [-0.1, -0.05) is 48.0 Å². The number of rotatable bonds is 6. The Bertz CT molecular complexity index is 530. The van der Waals surface area contributed by atoms with Gasteiger partial charge in [-0.25, -0.2) is 0 Å². The molecule has 2 aromatic rings. The van der Waals surface area contributed by atoms with Crippen LogP contribution in [0.25, 0.3) is 0 Å². The van der Waals surface area contributed by atoms with E-state index in [4.69, 9.17) is 11.6 Å². The van der Waals surface area contributed by atoms with Crippen LogP contribution in [0.4, 0.5) is 5.69 Å². The van der Waals surface area contributed by atoms with Gasteiger partial charge in [0.1, 0.15) is 0 Å². The summed E-state index contributed by atoms with van der Waals surface area (Å²) >= 11 is 6.02. The quantitative estimate of drug-likeness (QED) is 0.875. The maximum Gasteiger partial charge on any atom is 0.0755 e. The topological polar surface area (TPSA) is 23.5 Å². The molecular weight excluding hydrogens is 270 g/mol. The second-order valence-corrected chi connectivity index (χ2v) is 5.30. The summed E-state index contributed by atoms with van der Waals surface area (Å²) in [6.45, 7) is 3.52. The number of benzene rings is 2. The molecular formula is C17H20ClNO. The molecule has 1 atom stereocenters. The molecule has 2 aromatic carbocycles. The molecule has 0 aliphatic carbocycles. The lowest BCUT2D eigenvalue weighted by atomic mass is 10.1. The first-order chi connectivity index (χ1) is 9.69. The number of likely N-dealkylation sites (N-methyl/N-ethyl adjacent to an activating group) is 1. The molecule has 0 aliphatic heterocycles. The van der Waals surface area contributed by atoms with Crippen LogP contribution < -0.4 is 4.90 Å². The van der Waals surface area contributed by atoms with Crippen LogP contribution in [0.5, 0.6) is 0 Å². The van der Waals surface area contributed by atoms with Crippen molar-refractivity contribution < 1.29 is 5.11 Å². The monoisotopic (exact) mass is 289 g/mol. The summed E-state index contributed by atoms with van der Waals surface area (Å²) in [4.78, 5) is 2.14. The number of nitrogens with zero attached hydrogens (tertiary/aromatic N) is 1. The maximum absolute atomic E-state index is 10.3. The summed E-state index contributed by atoms with van der Waals surface area (Å²) in [6, 6.07) is 17.8. The maximum atomic E-state index is 10.3. The zero-order chi connectivity index (χ0) is 14.4. The average molecular weight is 290 g/mol. The Hall–Kier alpha value is -1.51. The number of aliphatic hydroxyl groups is 1. The Balaban J connectivity index is 1.99. The minimum Gasteiger partial charge on any atom is -0.391 e. The highest BCUT2D eigenvalue weighted by atomic mass is 35.5. The zero-order valence-electron chi connectivity index (χ0n) is 11.7. The highest BCUT2D eigenvalue weighted by Crippen LogP contribution is 2.20. The summed E-state index contributed by atoms with van der Waals surface area (Å²) in [5.74, 6) is 0. The molecule has 2 rings (SSSR count). The molecule has 0 saturated heterocycles. The van der Waals surface area contributed by atoms with Crippen molar-refractivity contribution in [1.29, 1.82) is 0 Å². The fourth-order valence-electron chi connectivity index (χ4n) is 2.30. The van der Waals surface area contributed by atoms with Gasteiger partial charge in [0.05, 0.1) is 6.10 Å². The smallest absolute Gasteiger partial charge is 0.0755 e. The molecule has 0 aliphatic rings. The van der Waals surface area contributed by atoms with Gasteiger partial charge in [0.25, 0.3) is 0 Å². The van der Waals surface area contributed by atoms with E-state index in [2.05, 4.69) is 11.8 Å². The highest BCUT2D eigenvalue weighted by molar-refractivity contribution is 6.30. The molecule has 0 radical (unpaired) electrons. The molecule has 3 heteroatoms. The molecule has 1 unspecified atom stereocenters. The molecule has 20 heavy (non-hydrogen) atoms. The summed E-state index contributed by atoms with van der Waals surface area (Å²) in [7, 11) is 0. The fraction of sp³-hybridized carbons (Fsp3) is 0.294. The Morgan fingerprint density at radius 2 is 1.85 bits per heavy atom. The van der Waals surface area contributed by atoms with Gasteiger partial charge in [-0.2, -0.15) is 0 Å². The van der Waals surface area contributed by atoms with Crippen LogP contribution in [0.2, 0.25) is 5.02 Å². The SMILES string of the molecule is CCN(CC(O)Cc1ccccc1)c1cccc(Cl)c1. The minimum atomic E-state index is -0.392. The Labute approximate surface area is 125 Å². The van der Waals surface area contributed by atoms with Crippen molar-refractivity contribution >= 4 is 17.3 Å². The van der Waals surface area contributed by atoms with E-state index < -0.39 is 6.10 Å². The van der Waals surface area contributed by atoms with Gasteiger partial charge >= 0.3 is 0 Å². The predicted molar refractivity (Wildman–Crippen MR) is 85.5 cm³/mol. The van der Waals surface area contributed by atoms with Gasteiger partial charge in [-0.15, -0.1) is 0 Å². The van der Waals surface area contributed by atoms with Gasteiger partial charge < -0.3 is 10.0 Å². The number of hydrogen-bond donors (Lipinski definition) is 1. The van der Waals surface area contributed by atoms with Gasteiger partial charge in [-0.3, -0.25) is 0 Å². The lowest BCUT2D eigenvalue weighted by Gasteiger charge is -2.26. The van der Waals surface area contributed by atoms with Gasteiger partial charge in [0.2, 0.25) is 0 Å². The Kier molecular flexibility index (Phi) is 5.45. The molecule has 1 N–H and O–H groups in total. The lowest BCUT2D eigenvalue weighted by molar-refractivity contribution is 0.180. The molecule has 0 heterocycles. The summed E-state index contributed by atoms with van der Waals surface area (Å²) in [5.41, 5.74) is 2.20. The molecule has 0 fully saturated rings. The van der Waals surface area contributed by atoms with E-state index in [0.717, 1.165) is 22.8 Å². The number of halogens is 1. The fourth-order valence-corrected chi connectivity index (χ4v) is 2.48. The third-order valence-corrected chi connectivity index (χ3v) is 3.54. The van der Waals surface area contributed by atoms with Crippen molar-refractivity contribution in [2.45, 2.75) is 19.4 Å². The third-order valence-electron chi connectivity index (χ3n) is 3.30. The van der Waals surface area contributed by atoms with Gasteiger partial charge in [-0.05, 0) is 30.7 Å². The van der Waals surface area contributed by atoms with Crippen molar-refractivity contribution in [3.8, 4) is 0 Å². The molecule has 2 nitrogen and oxygen atoms in total. The van der Waals surface area contributed by atoms with E-state index in [-0.39, 0.29) is 0 Å². The first-order valence-electron chi connectivity index (χ1n) is 6.91. The van der Waals surface area contributed by atoms with Gasteiger partial charge in [0, 0.05) is 30.2 Å². The first kappa shape index (κ1) is 14.9. The summed E-state index contributed by atoms with van der Waals surface area (Å²) in [5, 5.41) is 11.0. The molecule has 0 amide bonds. The number of hydrogen-bond acceptors (Lipinski definition) is 2. The molecule has 106 valence electrons. The molecule has 0 spiro atoms. The zero-order valence-corrected chi connectivity index (χ0v) is 12.4. The third kappa shape index (κ3) is 4.26. The number of aliphatic hydroxyl groups excluding tert-OH is 1. The van der Waals surface area contributed by atoms with Crippen molar-refractivity contribution in [1.82, 2.24) is 0 Å². The second-order valence-electron chi connectivity index (χ2n) is 4.86. The van der Waals surface area contributed by atoms with Gasteiger partial charge in [0.15, 0.2) is 0 Å². The van der Waals surface area contributed by atoms with Crippen LogP contribution in [-0.2, 0) is 6.42 Å². The molecule has 0 saturated carbocycles. The van der Waals surface area contributed by atoms with E-state index in [0.29, 0.717) is 13.0 Å². The van der Waals surface area contributed by atoms with E-state index in [1.165, 1.54) is 0 Å². The van der Waals surface area contributed by atoms with E-state index in [1.807, 2.05) is 54.6 Å². The van der Waals surface area contributed by atoms with Crippen LogP contribution in [0.3, 0.4) is 0 Å².